The third kappa shape index (κ3) is 3.50. The number of amides is 1. The van der Waals surface area contributed by atoms with Gasteiger partial charge in [0.05, 0.1) is 0 Å². The minimum Gasteiger partial charge on any atom is -0.378 e. The Morgan fingerprint density at radius 1 is 0.793 bits per heavy atom. The molecule has 6 heteroatoms. The molecule has 0 aliphatic carbocycles. The van der Waals surface area contributed by atoms with E-state index in [1.165, 1.54) is 0 Å². The van der Waals surface area contributed by atoms with Crippen LogP contribution in [-0.4, -0.2) is 25.8 Å². The Labute approximate surface area is 179 Å². The average molecular weight is 424 g/mol. The van der Waals surface area contributed by atoms with Crippen molar-refractivity contribution in [2.75, 3.05) is 19.0 Å². The minimum atomic E-state index is -1.20. The summed E-state index contributed by atoms with van der Waals surface area (Å²) in [6.07, 6.45) is 0. The van der Waals surface area contributed by atoms with Crippen LogP contribution < -0.4 is 10.2 Å². The third-order valence-electron chi connectivity index (χ3n) is 5.02. The van der Waals surface area contributed by atoms with Crippen LogP contribution in [0.25, 0.3) is 0 Å². The lowest BCUT2D eigenvalue weighted by Crippen LogP contribution is -2.38. The number of carbonyl (C=O) groups excluding carboxylic acids is 1. The number of aliphatic imine (C=N–C) groups is 1. The molecular weight excluding hydrogens is 405 g/mol. The van der Waals surface area contributed by atoms with E-state index in [0.29, 0.717) is 15.9 Å². The van der Waals surface area contributed by atoms with Crippen molar-refractivity contribution in [3.63, 3.8) is 0 Å². The largest absolute Gasteiger partial charge is 0.378 e. The number of halogens is 2. The van der Waals surface area contributed by atoms with E-state index in [1.54, 1.807) is 24.3 Å². The van der Waals surface area contributed by atoms with Gasteiger partial charge in [0.2, 0.25) is 0 Å². The van der Waals surface area contributed by atoms with Crippen LogP contribution in [-0.2, 0) is 10.3 Å². The van der Waals surface area contributed by atoms with E-state index in [1.807, 2.05) is 67.5 Å². The van der Waals surface area contributed by atoms with Gasteiger partial charge < -0.3 is 10.2 Å². The number of hydrogen-bond donors (Lipinski definition) is 1. The molecule has 3 aromatic rings. The normalized spacial score (nSPS) is 15.0. The van der Waals surface area contributed by atoms with Crippen molar-refractivity contribution < 1.29 is 4.79 Å². The van der Waals surface area contributed by atoms with Gasteiger partial charge >= 0.3 is 0 Å². The highest BCUT2D eigenvalue weighted by molar-refractivity contribution is 6.31. The van der Waals surface area contributed by atoms with Crippen molar-refractivity contribution in [1.82, 2.24) is 5.32 Å². The second-order valence-electron chi connectivity index (χ2n) is 7.08. The molecule has 1 aliphatic heterocycles. The summed E-state index contributed by atoms with van der Waals surface area (Å²) in [5.41, 5.74) is 2.18. The zero-order chi connectivity index (χ0) is 20.6. The lowest BCUT2D eigenvalue weighted by molar-refractivity contribution is -0.122. The molecule has 0 spiro atoms. The summed E-state index contributed by atoms with van der Waals surface area (Å²) in [7, 11) is 3.96. The Balaban J connectivity index is 1.87. The van der Waals surface area contributed by atoms with Gasteiger partial charge in [-0.3, -0.25) is 4.79 Å². The van der Waals surface area contributed by atoms with Crippen LogP contribution in [0.2, 0.25) is 10.0 Å². The van der Waals surface area contributed by atoms with Gasteiger partial charge in [-0.15, -0.1) is 0 Å². The van der Waals surface area contributed by atoms with Crippen molar-refractivity contribution in [3.8, 4) is 0 Å². The molecule has 1 aliphatic rings. The van der Waals surface area contributed by atoms with E-state index < -0.39 is 5.54 Å². The van der Waals surface area contributed by atoms with Crippen molar-refractivity contribution in [3.05, 3.63) is 99.5 Å². The third-order valence-corrected chi connectivity index (χ3v) is 5.53. The van der Waals surface area contributed by atoms with Crippen LogP contribution >= 0.6 is 23.2 Å². The van der Waals surface area contributed by atoms with Crippen molar-refractivity contribution in [2.45, 2.75) is 5.54 Å². The Hall–Kier alpha value is -2.82. The molecule has 1 amide bonds. The van der Waals surface area contributed by atoms with Crippen LogP contribution in [0.15, 0.2) is 77.8 Å². The number of rotatable bonds is 4. The van der Waals surface area contributed by atoms with Crippen LogP contribution in [0, 0.1) is 0 Å². The molecule has 1 heterocycles. The van der Waals surface area contributed by atoms with Crippen LogP contribution in [0.5, 0.6) is 0 Å². The first-order valence-corrected chi connectivity index (χ1v) is 9.87. The molecule has 0 saturated heterocycles. The smallest absolute Gasteiger partial charge is 0.262 e. The van der Waals surface area contributed by atoms with Gasteiger partial charge in [0.25, 0.3) is 5.91 Å². The van der Waals surface area contributed by atoms with Gasteiger partial charge in [-0.05, 0) is 59.7 Å². The molecule has 4 rings (SSSR count). The van der Waals surface area contributed by atoms with E-state index in [2.05, 4.69) is 5.32 Å². The van der Waals surface area contributed by atoms with E-state index in [9.17, 15) is 4.79 Å². The quantitative estimate of drug-likeness (QED) is 0.649. The SMILES string of the molecule is CN(C)c1ccc(C2=NC(c3ccc(Cl)cc3)(c3ccc(Cl)cc3)C(=O)N2)cc1. The number of carbonyl (C=O) groups is 1. The highest BCUT2D eigenvalue weighted by Gasteiger charge is 2.47. The molecule has 0 fully saturated rings. The summed E-state index contributed by atoms with van der Waals surface area (Å²) in [5, 5.41) is 4.17. The number of anilines is 1. The molecule has 0 saturated carbocycles. The first kappa shape index (κ1) is 19.5. The summed E-state index contributed by atoms with van der Waals surface area (Å²) in [4.78, 5) is 20.2. The van der Waals surface area contributed by atoms with Crippen LogP contribution in [0.4, 0.5) is 5.69 Å². The summed E-state index contributed by atoms with van der Waals surface area (Å²) >= 11 is 12.1. The fourth-order valence-corrected chi connectivity index (χ4v) is 3.69. The molecule has 146 valence electrons. The highest BCUT2D eigenvalue weighted by atomic mass is 35.5. The Morgan fingerprint density at radius 3 is 1.72 bits per heavy atom. The van der Waals surface area contributed by atoms with Crippen molar-refractivity contribution in [2.24, 2.45) is 4.99 Å². The van der Waals surface area contributed by atoms with E-state index in [-0.39, 0.29) is 5.91 Å². The molecule has 0 aromatic heterocycles. The molecule has 29 heavy (non-hydrogen) atoms. The average Bonchev–Trinajstić information content (AvgIpc) is 3.07. The maximum absolute atomic E-state index is 13.3. The summed E-state index contributed by atoms with van der Waals surface area (Å²) in [6, 6.07) is 22.3. The monoisotopic (exact) mass is 423 g/mol. The van der Waals surface area contributed by atoms with E-state index >= 15 is 0 Å². The minimum absolute atomic E-state index is 0.214. The number of amidine groups is 1. The lowest BCUT2D eigenvalue weighted by Gasteiger charge is -2.24. The molecular formula is C23H19Cl2N3O. The Morgan fingerprint density at radius 2 is 1.28 bits per heavy atom. The molecule has 0 atom stereocenters. The predicted molar refractivity (Wildman–Crippen MR) is 119 cm³/mol. The Bertz CT molecular complexity index is 1030. The number of benzene rings is 3. The second-order valence-corrected chi connectivity index (χ2v) is 7.95. The number of nitrogens with zero attached hydrogens (tertiary/aromatic N) is 2. The van der Waals surface area contributed by atoms with E-state index in [4.69, 9.17) is 28.2 Å². The molecule has 0 radical (unpaired) electrons. The number of nitrogens with one attached hydrogen (secondary N) is 1. The summed E-state index contributed by atoms with van der Waals surface area (Å²) in [6.45, 7) is 0. The van der Waals surface area contributed by atoms with Gasteiger partial charge in [-0.2, -0.15) is 0 Å². The topological polar surface area (TPSA) is 44.7 Å². The molecule has 1 N–H and O–H groups in total. The summed E-state index contributed by atoms with van der Waals surface area (Å²) < 4.78 is 0. The molecule has 0 unspecified atom stereocenters. The first-order chi connectivity index (χ1) is 13.9. The van der Waals surface area contributed by atoms with Gasteiger partial charge in [0, 0.05) is 35.4 Å². The zero-order valence-electron chi connectivity index (χ0n) is 16.0. The zero-order valence-corrected chi connectivity index (χ0v) is 17.5. The van der Waals surface area contributed by atoms with Gasteiger partial charge in [0.1, 0.15) is 5.84 Å². The van der Waals surface area contributed by atoms with Gasteiger partial charge in [0.15, 0.2) is 5.54 Å². The van der Waals surface area contributed by atoms with Gasteiger partial charge in [-0.25, -0.2) is 4.99 Å². The van der Waals surface area contributed by atoms with Crippen LogP contribution in [0.3, 0.4) is 0 Å². The maximum Gasteiger partial charge on any atom is 0.262 e. The second kappa shape index (κ2) is 7.54. The standard InChI is InChI=1S/C23H19Cl2N3O/c1-28(2)20-13-3-15(4-14-20)21-26-22(29)23(27-21,16-5-9-18(24)10-6-16)17-7-11-19(25)12-8-17/h3-14H,1-2H3,(H,26,27,29). The molecule has 0 bridgehead atoms. The molecule has 3 aromatic carbocycles. The van der Waals surface area contributed by atoms with Crippen molar-refractivity contribution >= 4 is 40.6 Å². The van der Waals surface area contributed by atoms with Gasteiger partial charge in [-0.1, -0.05) is 47.5 Å². The first-order valence-electron chi connectivity index (χ1n) is 9.11. The lowest BCUT2D eigenvalue weighted by atomic mass is 9.83. The predicted octanol–water partition coefficient (Wildman–Crippen LogP) is 4.88. The Kier molecular flexibility index (Phi) is 5.07. The maximum atomic E-state index is 13.3. The number of hydrogen-bond acceptors (Lipinski definition) is 3. The fourth-order valence-electron chi connectivity index (χ4n) is 3.44. The fraction of sp³-hybridized carbons (Fsp3) is 0.130. The highest BCUT2D eigenvalue weighted by Crippen LogP contribution is 2.38. The summed E-state index contributed by atoms with van der Waals surface area (Å²) in [5.74, 6) is 0.319. The van der Waals surface area contributed by atoms with E-state index in [0.717, 1.165) is 22.4 Å². The van der Waals surface area contributed by atoms with Crippen LogP contribution in [0.1, 0.15) is 16.7 Å². The van der Waals surface area contributed by atoms with Crippen molar-refractivity contribution in [1.29, 1.82) is 0 Å². The molecule has 4 nitrogen and oxygen atoms in total.